The second kappa shape index (κ2) is 5.69. The molecule has 0 unspecified atom stereocenters. The Morgan fingerprint density at radius 2 is 2.25 bits per heavy atom. The number of amides is 2. The first-order valence-corrected chi connectivity index (χ1v) is 4.88. The Morgan fingerprint density at radius 1 is 1.50 bits per heavy atom. The largest absolute Gasteiger partial charge is 0.478 e. The van der Waals surface area contributed by atoms with Crippen LogP contribution in [0.2, 0.25) is 0 Å². The van der Waals surface area contributed by atoms with Gasteiger partial charge in [0.05, 0.1) is 0 Å². The Hall–Kier alpha value is -2.11. The first kappa shape index (κ1) is 12.0. The van der Waals surface area contributed by atoms with E-state index in [2.05, 4.69) is 15.6 Å². The molecule has 86 valence electrons. The van der Waals surface area contributed by atoms with Crippen LogP contribution < -0.4 is 10.6 Å². The van der Waals surface area contributed by atoms with Crippen molar-refractivity contribution >= 4 is 17.8 Å². The van der Waals surface area contributed by atoms with Gasteiger partial charge in [0.25, 0.3) is 0 Å². The van der Waals surface area contributed by atoms with Crippen molar-refractivity contribution in [2.24, 2.45) is 0 Å². The minimum absolute atomic E-state index is 0.0332. The molecule has 0 bridgehead atoms. The van der Waals surface area contributed by atoms with Crippen molar-refractivity contribution in [2.45, 2.75) is 13.3 Å². The van der Waals surface area contributed by atoms with Gasteiger partial charge in [0.2, 0.25) is 0 Å². The number of aromatic nitrogens is 1. The summed E-state index contributed by atoms with van der Waals surface area (Å²) in [7, 11) is 0. The van der Waals surface area contributed by atoms with Crippen LogP contribution in [0.3, 0.4) is 0 Å². The van der Waals surface area contributed by atoms with E-state index in [1.54, 1.807) is 0 Å². The molecule has 6 nitrogen and oxygen atoms in total. The van der Waals surface area contributed by atoms with Gasteiger partial charge in [-0.1, -0.05) is 6.92 Å². The Bertz CT molecular complexity index is 393. The van der Waals surface area contributed by atoms with E-state index < -0.39 is 12.0 Å². The van der Waals surface area contributed by atoms with E-state index in [4.69, 9.17) is 5.11 Å². The predicted octanol–water partition coefficient (Wildman–Crippen LogP) is 1.31. The summed E-state index contributed by atoms with van der Waals surface area (Å²) in [5.41, 5.74) is -0.0332. The van der Waals surface area contributed by atoms with Crippen molar-refractivity contribution in [2.75, 3.05) is 11.9 Å². The molecule has 1 aromatic rings. The third-order valence-corrected chi connectivity index (χ3v) is 1.81. The van der Waals surface area contributed by atoms with Crippen molar-refractivity contribution in [1.29, 1.82) is 0 Å². The standard InChI is InChI=1S/C10H13N3O3/c1-2-5-12-10(16)13-8-7(9(14)15)4-3-6-11-8/h3-4,6H,2,5H2,1H3,(H,14,15)(H2,11,12,13,16). The number of carbonyl (C=O) groups is 2. The second-order valence-corrected chi connectivity index (χ2v) is 3.09. The number of aromatic carboxylic acids is 1. The van der Waals surface area contributed by atoms with Gasteiger partial charge in [0.1, 0.15) is 11.4 Å². The van der Waals surface area contributed by atoms with Crippen LogP contribution in [0.5, 0.6) is 0 Å². The van der Waals surface area contributed by atoms with Crippen LogP contribution in [-0.2, 0) is 0 Å². The molecular formula is C10H13N3O3. The average Bonchev–Trinajstić information content (AvgIpc) is 2.27. The summed E-state index contributed by atoms with van der Waals surface area (Å²) < 4.78 is 0. The topological polar surface area (TPSA) is 91.3 Å². The lowest BCUT2D eigenvalue weighted by Crippen LogP contribution is -2.30. The maximum absolute atomic E-state index is 11.3. The number of rotatable bonds is 4. The number of nitrogens with zero attached hydrogens (tertiary/aromatic N) is 1. The van der Waals surface area contributed by atoms with Gasteiger partial charge in [-0.3, -0.25) is 5.32 Å². The molecule has 0 saturated heterocycles. The molecule has 1 heterocycles. The monoisotopic (exact) mass is 223 g/mol. The average molecular weight is 223 g/mol. The normalized spacial score (nSPS) is 9.56. The highest BCUT2D eigenvalue weighted by Crippen LogP contribution is 2.10. The van der Waals surface area contributed by atoms with Crippen molar-refractivity contribution < 1.29 is 14.7 Å². The molecule has 0 aromatic carbocycles. The maximum atomic E-state index is 11.3. The number of pyridine rings is 1. The van der Waals surface area contributed by atoms with Crippen LogP contribution in [0.4, 0.5) is 10.6 Å². The van der Waals surface area contributed by atoms with Crippen LogP contribution in [0, 0.1) is 0 Å². The summed E-state index contributed by atoms with van der Waals surface area (Å²) in [6.07, 6.45) is 2.23. The molecule has 6 heteroatoms. The quantitative estimate of drug-likeness (QED) is 0.717. The van der Waals surface area contributed by atoms with Gasteiger partial charge < -0.3 is 10.4 Å². The van der Waals surface area contributed by atoms with Gasteiger partial charge in [-0.15, -0.1) is 0 Å². The molecule has 0 aliphatic heterocycles. The summed E-state index contributed by atoms with van der Waals surface area (Å²) in [5.74, 6) is -1.08. The molecule has 0 spiro atoms. The fourth-order valence-corrected chi connectivity index (χ4v) is 1.07. The molecule has 0 radical (unpaired) electrons. The van der Waals surface area contributed by atoms with Crippen molar-refractivity contribution in [3.05, 3.63) is 23.9 Å². The third kappa shape index (κ3) is 3.23. The summed E-state index contributed by atoms with van der Waals surface area (Å²) >= 11 is 0. The molecule has 3 N–H and O–H groups in total. The van der Waals surface area contributed by atoms with Gasteiger partial charge in [-0.05, 0) is 18.6 Å². The number of carboxylic acids is 1. The lowest BCUT2D eigenvalue weighted by molar-refractivity contribution is 0.0697. The first-order chi connectivity index (χ1) is 7.65. The fourth-order valence-electron chi connectivity index (χ4n) is 1.07. The second-order valence-electron chi connectivity index (χ2n) is 3.09. The molecule has 0 aliphatic rings. The van der Waals surface area contributed by atoms with Crippen molar-refractivity contribution in [3.63, 3.8) is 0 Å². The molecule has 0 atom stereocenters. The summed E-state index contributed by atoms with van der Waals surface area (Å²) in [5, 5.41) is 13.8. The molecule has 0 saturated carbocycles. The number of nitrogens with one attached hydrogen (secondary N) is 2. The number of urea groups is 1. The number of hydrogen-bond donors (Lipinski definition) is 3. The Morgan fingerprint density at radius 3 is 2.88 bits per heavy atom. The summed E-state index contributed by atoms with van der Waals surface area (Å²) in [6, 6.07) is 2.42. The SMILES string of the molecule is CCCNC(=O)Nc1ncccc1C(=O)O. The van der Waals surface area contributed by atoms with Gasteiger partial charge in [0, 0.05) is 12.7 Å². The number of carboxylic acid groups (broad SMARTS) is 1. The molecule has 0 fully saturated rings. The molecule has 1 aromatic heterocycles. The highest BCUT2D eigenvalue weighted by molar-refractivity contribution is 5.98. The van der Waals surface area contributed by atoms with E-state index in [-0.39, 0.29) is 11.4 Å². The van der Waals surface area contributed by atoms with E-state index in [9.17, 15) is 9.59 Å². The Balaban J connectivity index is 2.73. The van der Waals surface area contributed by atoms with Crippen molar-refractivity contribution in [3.8, 4) is 0 Å². The van der Waals surface area contributed by atoms with Crippen molar-refractivity contribution in [1.82, 2.24) is 10.3 Å². The van der Waals surface area contributed by atoms with Crippen LogP contribution in [0.15, 0.2) is 18.3 Å². The van der Waals surface area contributed by atoms with Crippen LogP contribution in [0.1, 0.15) is 23.7 Å². The molecule has 1 rings (SSSR count). The smallest absolute Gasteiger partial charge is 0.339 e. The molecule has 0 aliphatic carbocycles. The Labute approximate surface area is 92.7 Å². The summed E-state index contributed by atoms with van der Waals surface area (Å²) in [4.78, 5) is 25.9. The predicted molar refractivity (Wildman–Crippen MR) is 58.5 cm³/mol. The zero-order chi connectivity index (χ0) is 12.0. The number of carbonyl (C=O) groups excluding carboxylic acids is 1. The number of anilines is 1. The van der Waals surface area contributed by atoms with Gasteiger partial charge in [-0.25, -0.2) is 14.6 Å². The fraction of sp³-hybridized carbons (Fsp3) is 0.300. The van der Waals surface area contributed by atoms with Gasteiger partial charge in [0.15, 0.2) is 0 Å². The van der Waals surface area contributed by atoms with Gasteiger partial charge in [-0.2, -0.15) is 0 Å². The van der Waals surface area contributed by atoms with Crippen LogP contribution >= 0.6 is 0 Å². The van der Waals surface area contributed by atoms with E-state index in [0.29, 0.717) is 6.54 Å². The minimum Gasteiger partial charge on any atom is -0.478 e. The maximum Gasteiger partial charge on any atom is 0.339 e. The first-order valence-electron chi connectivity index (χ1n) is 4.88. The number of hydrogen-bond acceptors (Lipinski definition) is 3. The molecular weight excluding hydrogens is 210 g/mol. The zero-order valence-corrected chi connectivity index (χ0v) is 8.86. The minimum atomic E-state index is -1.13. The summed E-state index contributed by atoms with van der Waals surface area (Å²) in [6.45, 7) is 2.45. The molecule has 2 amide bonds. The van der Waals surface area contributed by atoms with E-state index >= 15 is 0 Å². The highest BCUT2D eigenvalue weighted by atomic mass is 16.4. The molecule has 16 heavy (non-hydrogen) atoms. The Kier molecular flexibility index (Phi) is 4.26. The lowest BCUT2D eigenvalue weighted by atomic mass is 10.2. The van der Waals surface area contributed by atoms with E-state index in [0.717, 1.165) is 6.42 Å². The van der Waals surface area contributed by atoms with Crippen LogP contribution in [0.25, 0.3) is 0 Å². The third-order valence-electron chi connectivity index (χ3n) is 1.81. The van der Waals surface area contributed by atoms with E-state index in [1.807, 2.05) is 6.92 Å². The van der Waals surface area contributed by atoms with E-state index in [1.165, 1.54) is 18.3 Å². The highest BCUT2D eigenvalue weighted by Gasteiger charge is 2.12. The van der Waals surface area contributed by atoms with Gasteiger partial charge >= 0.3 is 12.0 Å². The lowest BCUT2D eigenvalue weighted by Gasteiger charge is -2.07. The van der Waals surface area contributed by atoms with Crippen LogP contribution in [-0.4, -0.2) is 28.6 Å². The zero-order valence-electron chi connectivity index (χ0n) is 8.86.